The van der Waals surface area contributed by atoms with Crippen molar-refractivity contribution in [2.75, 3.05) is 0 Å². The molecular formula is C16H16N2. The smallest absolute Gasteiger partial charge is 0.0924 e. The Labute approximate surface area is 108 Å². The second-order valence-electron chi connectivity index (χ2n) is 4.00. The van der Waals surface area contributed by atoms with Gasteiger partial charge in [-0.3, -0.25) is 9.97 Å². The Morgan fingerprint density at radius 3 is 2.44 bits per heavy atom. The summed E-state index contributed by atoms with van der Waals surface area (Å²) in [6.07, 6.45) is 9.05. The van der Waals surface area contributed by atoms with Gasteiger partial charge in [-0.1, -0.05) is 18.2 Å². The highest BCUT2D eigenvalue weighted by molar-refractivity contribution is 5.61. The van der Waals surface area contributed by atoms with E-state index in [4.69, 9.17) is 0 Å². The molecule has 0 unspecified atom stereocenters. The molecule has 0 saturated heterocycles. The monoisotopic (exact) mass is 236 g/mol. The standard InChI is InChI=1S/C16H16N2/c1-3-7-13-10-12-18-16(14(13)8-4-2)15-9-5-6-11-17-15/h3-6,9-12H,1-2,7-8H2. The van der Waals surface area contributed by atoms with Crippen LogP contribution in [-0.4, -0.2) is 9.97 Å². The fourth-order valence-electron chi connectivity index (χ4n) is 1.97. The molecule has 2 heteroatoms. The van der Waals surface area contributed by atoms with E-state index in [1.165, 1.54) is 11.1 Å². The molecule has 0 N–H and O–H groups in total. The normalized spacial score (nSPS) is 10.0. The summed E-state index contributed by atoms with van der Waals surface area (Å²) >= 11 is 0. The van der Waals surface area contributed by atoms with Crippen LogP contribution in [0.1, 0.15) is 11.1 Å². The summed E-state index contributed by atoms with van der Waals surface area (Å²) in [5, 5.41) is 0. The van der Waals surface area contributed by atoms with Gasteiger partial charge in [0.2, 0.25) is 0 Å². The van der Waals surface area contributed by atoms with Crippen molar-refractivity contribution in [1.82, 2.24) is 9.97 Å². The Morgan fingerprint density at radius 2 is 1.78 bits per heavy atom. The molecule has 2 nitrogen and oxygen atoms in total. The van der Waals surface area contributed by atoms with E-state index in [1.54, 1.807) is 6.20 Å². The van der Waals surface area contributed by atoms with Gasteiger partial charge in [-0.15, -0.1) is 13.2 Å². The lowest BCUT2D eigenvalue weighted by Gasteiger charge is -2.11. The van der Waals surface area contributed by atoms with E-state index < -0.39 is 0 Å². The van der Waals surface area contributed by atoms with Gasteiger partial charge in [0.05, 0.1) is 11.4 Å². The van der Waals surface area contributed by atoms with Crippen LogP contribution in [0.5, 0.6) is 0 Å². The van der Waals surface area contributed by atoms with E-state index in [0.717, 1.165) is 24.2 Å². The van der Waals surface area contributed by atoms with E-state index in [2.05, 4.69) is 23.1 Å². The van der Waals surface area contributed by atoms with Crippen LogP contribution in [0.4, 0.5) is 0 Å². The second-order valence-corrected chi connectivity index (χ2v) is 4.00. The molecule has 0 radical (unpaired) electrons. The number of rotatable bonds is 5. The highest BCUT2D eigenvalue weighted by atomic mass is 14.8. The van der Waals surface area contributed by atoms with E-state index in [1.807, 2.05) is 42.6 Å². The minimum atomic E-state index is 0.795. The maximum Gasteiger partial charge on any atom is 0.0924 e. The molecule has 0 atom stereocenters. The molecule has 0 bridgehead atoms. The zero-order chi connectivity index (χ0) is 12.8. The van der Waals surface area contributed by atoms with Gasteiger partial charge >= 0.3 is 0 Å². The maximum absolute atomic E-state index is 4.47. The van der Waals surface area contributed by atoms with Crippen LogP contribution < -0.4 is 0 Å². The van der Waals surface area contributed by atoms with Gasteiger partial charge < -0.3 is 0 Å². The van der Waals surface area contributed by atoms with Crippen molar-refractivity contribution < 1.29 is 0 Å². The molecule has 0 amide bonds. The van der Waals surface area contributed by atoms with Crippen LogP contribution in [0.15, 0.2) is 62.0 Å². The minimum absolute atomic E-state index is 0.795. The van der Waals surface area contributed by atoms with E-state index in [0.29, 0.717) is 0 Å². The van der Waals surface area contributed by atoms with Crippen molar-refractivity contribution >= 4 is 0 Å². The number of nitrogens with zero attached hydrogens (tertiary/aromatic N) is 2. The molecule has 0 spiro atoms. The van der Waals surface area contributed by atoms with Gasteiger partial charge in [-0.25, -0.2) is 0 Å². The number of pyridine rings is 2. The van der Waals surface area contributed by atoms with Crippen LogP contribution in [0.3, 0.4) is 0 Å². The average Bonchev–Trinajstić information content (AvgIpc) is 2.42. The lowest BCUT2D eigenvalue weighted by Crippen LogP contribution is -1.99. The third kappa shape index (κ3) is 2.54. The highest BCUT2D eigenvalue weighted by Gasteiger charge is 2.10. The molecule has 0 aliphatic heterocycles. The quantitative estimate of drug-likeness (QED) is 0.741. The van der Waals surface area contributed by atoms with E-state index in [-0.39, 0.29) is 0 Å². The summed E-state index contributed by atoms with van der Waals surface area (Å²) in [6, 6.07) is 7.89. The Hall–Kier alpha value is -2.22. The average molecular weight is 236 g/mol. The van der Waals surface area contributed by atoms with Gasteiger partial charge in [0.1, 0.15) is 0 Å². The summed E-state index contributed by atoms with van der Waals surface area (Å²) in [5.74, 6) is 0. The zero-order valence-corrected chi connectivity index (χ0v) is 10.3. The van der Waals surface area contributed by atoms with E-state index in [9.17, 15) is 0 Å². The van der Waals surface area contributed by atoms with E-state index >= 15 is 0 Å². The largest absolute Gasteiger partial charge is 0.255 e. The fraction of sp³-hybridized carbons (Fsp3) is 0.125. The molecule has 2 aromatic rings. The summed E-state index contributed by atoms with van der Waals surface area (Å²) in [7, 11) is 0. The summed E-state index contributed by atoms with van der Waals surface area (Å²) in [5.41, 5.74) is 4.27. The molecule has 2 rings (SSSR count). The summed E-state index contributed by atoms with van der Waals surface area (Å²) < 4.78 is 0. The highest BCUT2D eigenvalue weighted by Crippen LogP contribution is 2.23. The molecule has 90 valence electrons. The molecule has 2 heterocycles. The number of hydrogen-bond donors (Lipinski definition) is 0. The molecule has 0 aromatic carbocycles. The van der Waals surface area contributed by atoms with Crippen molar-refractivity contribution in [3.05, 3.63) is 73.1 Å². The minimum Gasteiger partial charge on any atom is -0.255 e. The molecular weight excluding hydrogens is 220 g/mol. The SMILES string of the molecule is C=CCc1ccnc(-c2ccccn2)c1CC=C. The molecule has 0 aliphatic carbocycles. The first-order valence-electron chi connectivity index (χ1n) is 5.96. The first-order valence-corrected chi connectivity index (χ1v) is 5.96. The Kier molecular flexibility index (Phi) is 4.02. The van der Waals surface area contributed by atoms with Crippen LogP contribution in [0.25, 0.3) is 11.4 Å². The number of aromatic nitrogens is 2. The summed E-state index contributed by atoms with van der Waals surface area (Å²) in [4.78, 5) is 8.84. The molecule has 0 aliphatic rings. The van der Waals surface area contributed by atoms with Gasteiger partial charge in [-0.2, -0.15) is 0 Å². The van der Waals surface area contributed by atoms with Crippen LogP contribution in [-0.2, 0) is 12.8 Å². The Morgan fingerprint density at radius 1 is 0.944 bits per heavy atom. The number of hydrogen-bond acceptors (Lipinski definition) is 2. The number of allylic oxidation sites excluding steroid dienone is 2. The third-order valence-electron chi connectivity index (χ3n) is 2.77. The Balaban J connectivity index is 2.55. The lowest BCUT2D eigenvalue weighted by atomic mass is 9.99. The topological polar surface area (TPSA) is 25.8 Å². The lowest BCUT2D eigenvalue weighted by molar-refractivity contribution is 1.10. The molecule has 0 fully saturated rings. The van der Waals surface area contributed by atoms with Gasteiger partial charge in [-0.05, 0) is 42.2 Å². The third-order valence-corrected chi connectivity index (χ3v) is 2.77. The molecule has 2 aromatic heterocycles. The maximum atomic E-state index is 4.47. The van der Waals surface area contributed by atoms with Crippen molar-refractivity contribution in [1.29, 1.82) is 0 Å². The zero-order valence-electron chi connectivity index (χ0n) is 10.3. The Bertz CT molecular complexity index is 544. The predicted molar refractivity (Wildman–Crippen MR) is 75.3 cm³/mol. The van der Waals surface area contributed by atoms with Crippen molar-refractivity contribution in [2.24, 2.45) is 0 Å². The van der Waals surface area contributed by atoms with Gasteiger partial charge in [0.25, 0.3) is 0 Å². The molecule has 18 heavy (non-hydrogen) atoms. The fourth-order valence-corrected chi connectivity index (χ4v) is 1.97. The van der Waals surface area contributed by atoms with Crippen molar-refractivity contribution in [3.63, 3.8) is 0 Å². The van der Waals surface area contributed by atoms with Crippen LogP contribution in [0.2, 0.25) is 0 Å². The van der Waals surface area contributed by atoms with Gasteiger partial charge in [0, 0.05) is 12.4 Å². The van der Waals surface area contributed by atoms with Crippen LogP contribution >= 0.6 is 0 Å². The first kappa shape index (κ1) is 12.2. The van der Waals surface area contributed by atoms with Crippen molar-refractivity contribution in [3.8, 4) is 11.4 Å². The second kappa shape index (κ2) is 5.92. The predicted octanol–water partition coefficient (Wildman–Crippen LogP) is 3.60. The molecule has 0 saturated carbocycles. The van der Waals surface area contributed by atoms with Gasteiger partial charge in [0.15, 0.2) is 0 Å². The first-order chi connectivity index (χ1) is 8.86. The van der Waals surface area contributed by atoms with Crippen LogP contribution in [0, 0.1) is 0 Å². The summed E-state index contributed by atoms with van der Waals surface area (Å²) in [6.45, 7) is 7.62. The van der Waals surface area contributed by atoms with Crippen molar-refractivity contribution in [2.45, 2.75) is 12.8 Å².